The number of halogens is 1. The van der Waals surface area contributed by atoms with Crippen LogP contribution in [0, 0.1) is 39.9 Å². The van der Waals surface area contributed by atoms with E-state index >= 15 is 0 Å². The Kier molecular flexibility index (Phi) is 19.6. The highest BCUT2D eigenvalue weighted by Crippen LogP contribution is 2.34. The fourth-order valence-electron chi connectivity index (χ4n) is 9.20. The van der Waals surface area contributed by atoms with E-state index in [1.165, 1.54) is 21.8 Å². The molecule has 0 aliphatic carbocycles. The number of aromatic nitrogens is 8. The highest BCUT2D eigenvalue weighted by atomic mass is 127. The zero-order valence-electron chi connectivity index (χ0n) is 43.1. The summed E-state index contributed by atoms with van der Waals surface area (Å²) in [6, 6.07) is 13.8. The molecule has 8 atom stereocenters. The number of terminal acetylenes is 1. The van der Waals surface area contributed by atoms with Gasteiger partial charge in [-0.2, -0.15) is 0 Å². The maximum atomic E-state index is 12.5. The molecule has 8 heterocycles. The third-order valence-corrected chi connectivity index (χ3v) is 14.2. The van der Waals surface area contributed by atoms with E-state index in [1.807, 2.05) is 22.6 Å². The van der Waals surface area contributed by atoms with Gasteiger partial charge in [0.05, 0.1) is 40.1 Å². The molecule has 2 amide bonds. The molecule has 0 radical (unpaired) electrons. The number of nitrogens with two attached hydrogens (primary N) is 2. The number of rotatable bonds is 10. The minimum absolute atomic E-state index is 0.124. The Morgan fingerprint density at radius 3 is 1.48 bits per heavy atom. The van der Waals surface area contributed by atoms with Crippen molar-refractivity contribution in [2.45, 2.75) is 87.6 Å². The van der Waals surface area contributed by atoms with Crippen LogP contribution in [0.5, 0.6) is 23.0 Å². The molecule has 2 aromatic carbocycles. The fraction of sp³-hybridized carbons (Fsp3) is 0.462. The van der Waals surface area contributed by atoms with Crippen LogP contribution in [0.25, 0.3) is 22.3 Å². The molecule has 4 aromatic heterocycles. The fourth-order valence-corrected chi connectivity index (χ4v) is 9.68. The van der Waals surface area contributed by atoms with Crippen molar-refractivity contribution in [2.24, 2.45) is 11.8 Å². The van der Waals surface area contributed by atoms with Crippen LogP contribution in [0.1, 0.15) is 56.8 Å². The Balaban J connectivity index is 0.000000172. The second-order valence-corrected chi connectivity index (χ2v) is 19.7. The molecule has 4 fully saturated rings. The largest absolute Gasteiger partial charge is 0.497 e. The molecule has 420 valence electrons. The molecule has 4 saturated heterocycles. The Hall–Kier alpha value is -7.19. The maximum absolute atomic E-state index is 12.5. The summed E-state index contributed by atoms with van der Waals surface area (Å²) in [5.74, 6) is 12.5. The number of nitrogens with zero attached hydrogens (tertiary/aromatic N) is 10. The van der Waals surface area contributed by atoms with Crippen molar-refractivity contribution in [3.63, 3.8) is 0 Å². The van der Waals surface area contributed by atoms with Crippen LogP contribution in [0.15, 0.2) is 61.2 Å². The van der Waals surface area contributed by atoms with Gasteiger partial charge in [-0.3, -0.25) is 9.13 Å². The normalized spacial score (nSPS) is 23.1. The van der Waals surface area contributed by atoms with E-state index in [0.29, 0.717) is 87.8 Å². The average molecular weight is 1210 g/mol. The van der Waals surface area contributed by atoms with Gasteiger partial charge in [-0.25, -0.2) is 39.5 Å². The van der Waals surface area contributed by atoms with Crippen LogP contribution in [0.3, 0.4) is 0 Å². The number of likely N-dealkylation sites (tertiary alicyclic amines) is 2. The molecule has 0 saturated carbocycles. The van der Waals surface area contributed by atoms with Gasteiger partial charge < -0.3 is 80.3 Å². The van der Waals surface area contributed by atoms with E-state index in [1.54, 1.807) is 72.6 Å². The predicted octanol–water partition coefficient (Wildman–Crippen LogP) is 2.24. The number of aliphatic hydroxyl groups excluding tert-OH is 6. The van der Waals surface area contributed by atoms with E-state index < -0.39 is 62.3 Å². The number of carbonyl (C=O) groups excluding carboxylic acids is 2. The highest BCUT2D eigenvalue weighted by Gasteiger charge is 2.45. The maximum Gasteiger partial charge on any atom is 0.415 e. The number of fused-ring (bicyclic) bond motifs is 2. The summed E-state index contributed by atoms with van der Waals surface area (Å²) in [6.07, 6.45) is 3.68. The summed E-state index contributed by atoms with van der Waals surface area (Å²) in [5, 5.41) is 58.8. The number of benzene rings is 2. The summed E-state index contributed by atoms with van der Waals surface area (Å²) >= 11 is 1.92. The molecular formula is C52H61IN12O14. The molecule has 26 nitrogen and oxygen atoms in total. The zero-order valence-corrected chi connectivity index (χ0v) is 45.2. The SMILES string of the molecule is C#CCC1CCN(C(=O)Oc2ccc(OC)cc2)CC1.COc1ccc(OC(=O)N2CCC(CC#Cc3nc(N)c4ncn([C@@H]5O[C@H](CO)[C@H](O)C5O)c4n3)CC2)cc1.Nc1nc(I)nc2c1ncn2[C@@H]1O[C@H](CO)[C@H](O)C1O. The van der Waals surface area contributed by atoms with E-state index in [4.69, 9.17) is 51.4 Å². The number of nitrogen functional groups attached to an aromatic ring is 2. The summed E-state index contributed by atoms with van der Waals surface area (Å²) in [6.45, 7) is 1.72. The molecular weight excluding hydrogens is 1140 g/mol. The van der Waals surface area contributed by atoms with E-state index in [9.17, 15) is 35.1 Å². The van der Waals surface area contributed by atoms with E-state index in [-0.39, 0.29) is 29.6 Å². The lowest BCUT2D eigenvalue weighted by atomic mass is 9.94. The zero-order chi connectivity index (χ0) is 56.3. The number of ether oxygens (including phenoxy) is 6. The van der Waals surface area contributed by atoms with Gasteiger partial charge in [0.2, 0.25) is 5.82 Å². The number of amides is 2. The van der Waals surface area contributed by atoms with Crippen LogP contribution in [-0.4, -0.2) is 182 Å². The van der Waals surface area contributed by atoms with Crippen molar-refractivity contribution in [3.05, 3.63) is 70.8 Å². The van der Waals surface area contributed by atoms with Gasteiger partial charge in [-0.1, -0.05) is 5.92 Å². The van der Waals surface area contributed by atoms with Crippen LogP contribution in [0.2, 0.25) is 0 Å². The summed E-state index contributed by atoms with van der Waals surface area (Å²) < 4.78 is 35.3. The minimum Gasteiger partial charge on any atom is -0.497 e. The molecule has 4 aliphatic heterocycles. The second-order valence-electron chi connectivity index (χ2n) is 18.8. The third-order valence-electron chi connectivity index (χ3n) is 13.7. The minimum atomic E-state index is -1.29. The van der Waals surface area contributed by atoms with Crippen LogP contribution < -0.4 is 30.4 Å². The standard InChI is InChI=1S/C26H30N6O7.C16H19NO3.C10H12IN5O4/c1-37-16-5-7-17(8-6-16)38-26(36)31-11-9-15(10-12-31)3-2-4-19-29-23(27)20-24(30-19)32(14-28-20)25-22(35)21(34)18(13-33)39-25;1-3-4-13-9-11-17(12-10-13)16(18)20-15-7-5-14(19-2)6-8-15;11-10-14-7(12)4-8(15-10)16(2-13-4)9-6(19)5(18)3(1-17)20-9/h5-8,14-15,18,21-22,25,33-35H,3,9-13H2,1H3,(H2,27,29,30);1,5-8,13H,4,9-12H2,2H3;2-3,5-6,9,17-19H,1H2,(H2,12,14,15)/t18-,21+,22?,25-;;3-,5+,6?,9-/m1.1/s1. The molecule has 2 unspecified atom stereocenters. The lowest BCUT2D eigenvalue weighted by molar-refractivity contribution is -0.0511. The Morgan fingerprint density at radius 1 is 0.646 bits per heavy atom. The molecule has 10 rings (SSSR count). The van der Waals surface area contributed by atoms with Gasteiger partial charge in [-0.15, -0.1) is 12.3 Å². The van der Waals surface area contributed by atoms with Gasteiger partial charge in [0.1, 0.15) is 70.7 Å². The first-order valence-electron chi connectivity index (χ1n) is 25.2. The Bertz CT molecular complexity index is 3130. The van der Waals surface area contributed by atoms with Gasteiger partial charge >= 0.3 is 12.2 Å². The topological polar surface area (TPSA) is 357 Å². The molecule has 79 heavy (non-hydrogen) atoms. The van der Waals surface area contributed by atoms with Crippen LogP contribution >= 0.6 is 22.6 Å². The van der Waals surface area contributed by atoms with Crippen molar-refractivity contribution < 1.29 is 68.6 Å². The van der Waals surface area contributed by atoms with Crippen LogP contribution in [-0.2, 0) is 9.47 Å². The first-order valence-corrected chi connectivity index (χ1v) is 26.3. The molecule has 0 spiro atoms. The van der Waals surface area contributed by atoms with Crippen molar-refractivity contribution in [1.29, 1.82) is 0 Å². The number of carbonyl (C=O) groups is 2. The molecule has 10 N–H and O–H groups in total. The Labute approximate surface area is 466 Å². The van der Waals surface area contributed by atoms with E-state index in [2.05, 4.69) is 47.7 Å². The van der Waals surface area contributed by atoms with Crippen molar-refractivity contribution in [1.82, 2.24) is 48.8 Å². The number of piperidine rings is 2. The lowest BCUT2D eigenvalue weighted by Crippen LogP contribution is -2.40. The summed E-state index contributed by atoms with van der Waals surface area (Å²) in [5.41, 5.74) is 13.2. The van der Waals surface area contributed by atoms with E-state index in [0.717, 1.165) is 37.9 Å². The van der Waals surface area contributed by atoms with Gasteiger partial charge in [-0.05, 0) is 92.0 Å². The summed E-state index contributed by atoms with van der Waals surface area (Å²) in [7, 11) is 3.17. The lowest BCUT2D eigenvalue weighted by Gasteiger charge is -2.30. The summed E-state index contributed by atoms with van der Waals surface area (Å²) in [4.78, 5) is 53.1. The third kappa shape index (κ3) is 13.8. The highest BCUT2D eigenvalue weighted by molar-refractivity contribution is 14.1. The quantitative estimate of drug-likeness (QED) is 0.0554. The number of hydrogen-bond acceptors (Lipinski definition) is 22. The number of hydrogen-bond donors (Lipinski definition) is 8. The second kappa shape index (κ2) is 26.6. The molecule has 27 heteroatoms. The molecule has 0 bridgehead atoms. The number of anilines is 2. The van der Waals surface area contributed by atoms with Gasteiger partial charge in [0, 0.05) is 61.6 Å². The first kappa shape index (κ1) is 58.0. The Morgan fingerprint density at radius 2 is 1.06 bits per heavy atom. The monoisotopic (exact) mass is 1200 g/mol. The van der Waals surface area contributed by atoms with Gasteiger partial charge in [0.25, 0.3) is 0 Å². The predicted molar refractivity (Wildman–Crippen MR) is 290 cm³/mol. The smallest absolute Gasteiger partial charge is 0.415 e. The number of methoxy groups -OCH3 is 2. The first-order chi connectivity index (χ1) is 38.1. The van der Waals surface area contributed by atoms with Crippen molar-refractivity contribution in [2.75, 3.05) is 65.1 Å². The molecule has 6 aromatic rings. The van der Waals surface area contributed by atoms with Crippen molar-refractivity contribution >= 4 is 68.7 Å². The van der Waals surface area contributed by atoms with Crippen LogP contribution in [0.4, 0.5) is 21.2 Å². The van der Waals surface area contributed by atoms with Gasteiger partial charge in [0.15, 0.2) is 39.2 Å². The number of aliphatic hydroxyl groups is 6. The number of imidazole rings is 2. The average Bonchev–Trinajstić information content (AvgIpc) is 4.45. The molecule has 4 aliphatic rings. The van der Waals surface area contributed by atoms with Crippen molar-refractivity contribution in [3.8, 4) is 47.2 Å².